The molecule has 0 unspecified atom stereocenters. The molecule has 0 saturated heterocycles. The molecular formula is C18H20AlCl2N3O3. The summed E-state index contributed by atoms with van der Waals surface area (Å²) in [6.45, 7) is 0.685. The van der Waals surface area contributed by atoms with E-state index in [1.165, 1.54) is 0 Å². The van der Waals surface area contributed by atoms with E-state index in [0.717, 1.165) is 27.8 Å². The number of nitrogens with one attached hydrogen (secondary N) is 3. The predicted molar refractivity (Wildman–Crippen MR) is 110 cm³/mol. The number of anilines is 2. The lowest BCUT2D eigenvalue weighted by atomic mass is 10.1. The minimum Gasteiger partial charge on any atom is -0.464 e. The van der Waals surface area contributed by atoms with Gasteiger partial charge in [0.2, 0.25) is 5.91 Å². The van der Waals surface area contributed by atoms with Gasteiger partial charge in [0, 0.05) is 5.69 Å². The summed E-state index contributed by atoms with van der Waals surface area (Å²) in [6.07, 6.45) is 0.0846. The van der Waals surface area contributed by atoms with E-state index in [4.69, 9.17) is 27.9 Å². The van der Waals surface area contributed by atoms with Crippen LogP contribution in [-0.4, -0.2) is 48.1 Å². The molecule has 2 rings (SSSR count). The van der Waals surface area contributed by atoms with E-state index in [0.29, 0.717) is 15.7 Å². The molecule has 0 bridgehead atoms. The molecule has 0 radical (unpaired) electrons. The van der Waals surface area contributed by atoms with E-state index in [1.54, 1.807) is 18.2 Å². The van der Waals surface area contributed by atoms with Crippen molar-refractivity contribution in [2.75, 3.05) is 25.0 Å². The number of carbonyl (C=O) groups is 2. The molecule has 0 aliphatic rings. The highest BCUT2D eigenvalue weighted by molar-refractivity contribution is 6.39. The summed E-state index contributed by atoms with van der Waals surface area (Å²) in [5.74, 6) is -0.503. The fraction of sp³-hybridized carbons (Fsp3) is 0.222. The first-order chi connectivity index (χ1) is 13.0. The van der Waals surface area contributed by atoms with Gasteiger partial charge in [0.05, 0.1) is 35.2 Å². The average Bonchev–Trinajstić information content (AvgIpc) is 2.63. The van der Waals surface area contributed by atoms with Gasteiger partial charge < -0.3 is 19.7 Å². The van der Waals surface area contributed by atoms with Gasteiger partial charge in [-0.05, 0) is 23.8 Å². The van der Waals surface area contributed by atoms with Gasteiger partial charge in [-0.15, -0.1) is 0 Å². The molecule has 1 amide bonds. The van der Waals surface area contributed by atoms with Crippen LogP contribution < -0.4 is 14.9 Å². The molecule has 6 nitrogen and oxygen atoms in total. The SMILES string of the molecule is O=C(C[NH][AlH2])NCCOC(=O)Cc1ccccc1Nc1c(Cl)cccc1Cl. The Balaban J connectivity index is 1.93. The second kappa shape index (κ2) is 11.2. The van der Waals surface area contributed by atoms with Crippen molar-refractivity contribution in [3.8, 4) is 0 Å². The molecule has 9 heteroatoms. The fourth-order valence-corrected chi connectivity index (χ4v) is 3.15. The molecule has 0 aliphatic carbocycles. The highest BCUT2D eigenvalue weighted by Gasteiger charge is 2.12. The highest BCUT2D eigenvalue weighted by Crippen LogP contribution is 2.33. The van der Waals surface area contributed by atoms with Gasteiger partial charge in [0.1, 0.15) is 6.61 Å². The zero-order valence-corrected chi connectivity index (χ0v) is 18.4. The molecule has 0 atom stereocenters. The summed E-state index contributed by atoms with van der Waals surface area (Å²) < 4.78 is 8.06. The van der Waals surface area contributed by atoms with E-state index < -0.39 is 0 Å². The molecule has 27 heavy (non-hydrogen) atoms. The second-order valence-electron chi connectivity index (χ2n) is 5.66. The van der Waals surface area contributed by atoms with Gasteiger partial charge >= 0.3 is 22.5 Å². The summed E-state index contributed by atoms with van der Waals surface area (Å²) in [5, 5.41) is 6.81. The molecule has 0 heterocycles. The third-order valence-corrected chi connectivity index (χ3v) is 4.58. The maximum absolute atomic E-state index is 12.1. The van der Waals surface area contributed by atoms with Gasteiger partial charge in [0.25, 0.3) is 0 Å². The first kappa shape index (κ1) is 21.6. The van der Waals surface area contributed by atoms with Crippen LogP contribution in [-0.2, 0) is 20.7 Å². The molecule has 2 aromatic rings. The van der Waals surface area contributed by atoms with Crippen LogP contribution in [0.2, 0.25) is 10.0 Å². The number of amides is 1. The Morgan fingerprint density at radius 1 is 1.04 bits per heavy atom. The van der Waals surface area contributed by atoms with Crippen LogP contribution in [0.15, 0.2) is 42.5 Å². The molecule has 2 aromatic carbocycles. The van der Waals surface area contributed by atoms with Gasteiger partial charge in [-0.1, -0.05) is 47.5 Å². The van der Waals surface area contributed by atoms with Crippen LogP contribution in [0, 0.1) is 0 Å². The third kappa shape index (κ3) is 7.06. The summed E-state index contributed by atoms with van der Waals surface area (Å²) in [7, 11) is 0. The van der Waals surface area contributed by atoms with E-state index in [9.17, 15) is 9.59 Å². The monoisotopic (exact) mass is 423 g/mol. The minimum absolute atomic E-state index is 0.0846. The normalized spacial score (nSPS) is 10.3. The van der Waals surface area contributed by atoms with Crippen molar-refractivity contribution in [1.29, 1.82) is 0 Å². The van der Waals surface area contributed by atoms with Crippen molar-refractivity contribution in [2.45, 2.75) is 6.42 Å². The summed E-state index contributed by atoms with van der Waals surface area (Å²) in [6, 6.07) is 12.6. The number of ether oxygens (including phenoxy) is 1. The minimum atomic E-state index is -0.384. The standard InChI is InChI=1S/C18H18Cl2N3O3.Al.2H/c19-13-5-3-6-14(20)18(13)23-15-7-2-1-4-12(15)10-17(25)26-9-8-22-16(24)11-21;;;/h1-7,21,23H,8-11H2,(H,22,24);;;/q-1;+1;;. The van der Waals surface area contributed by atoms with Crippen LogP contribution in [0.1, 0.15) is 5.56 Å². The molecule has 0 aliphatic heterocycles. The number of hydrogen-bond donors (Lipinski definition) is 3. The molecule has 0 saturated carbocycles. The topological polar surface area (TPSA) is 79.5 Å². The molecule has 0 fully saturated rings. The van der Waals surface area contributed by atoms with Crippen LogP contribution in [0.25, 0.3) is 0 Å². The van der Waals surface area contributed by atoms with E-state index in [2.05, 4.69) is 14.9 Å². The number of para-hydroxylation sites is 2. The Morgan fingerprint density at radius 3 is 2.44 bits per heavy atom. The first-order valence-corrected chi connectivity index (χ1v) is 10.1. The number of benzene rings is 2. The van der Waals surface area contributed by atoms with Crippen molar-refractivity contribution in [1.82, 2.24) is 9.62 Å². The number of esters is 1. The van der Waals surface area contributed by atoms with Crippen molar-refractivity contribution in [3.63, 3.8) is 0 Å². The van der Waals surface area contributed by atoms with Gasteiger partial charge in [-0.2, -0.15) is 0 Å². The smallest absolute Gasteiger partial charge is 0.319 e. The first-order valence-electron chi connectivity index (χ1n) is 8.37. The maximum atomic E-state index is 12.1. The highest BCUT2D eigenvalue weighted by atomic mass is 35.5. The largest absolute Gasteiger partial charge is 0.464 e. The van der Waals surface area contributed by atoms with Crippen LogP contribution in [0.5, 0.6) is 0 Å². The molecule has 0 aromatic heterocycles. The average molecular weight is 424 g/mol. The predicted octanol–water partition coefficient (Wildman–Crippen LogP) is 2.08. The number of carbonyl (C=O) groups excluding carboxylic acids is 2. The van der Waals surface area contributed by atoms with E-state index >= 15 is 0 Å². The van der Waals surface area contributed by atoms with E-state index in [-0.39, 0.29) is 38.0 Å². The fourth-order valence-electron chi connectivity index (χ4n) is 2.33. The van der Waals surface area contributed by atoms with Crippen LogP contribution in [0.4, 0.5) is 11.4 Å². The summed E-state index contributed by atoms with van der Waals surface area (Å²) in [5.41, 5.74) is 2.05. The lowest BCUT2D eigenvalue weighted by Crippen LogP contribution is -2.35. The van der Waals surface area contributed by atoms with Gasteiger partial charge in [-0.25, -0.2) is 0 Å². The van der Waals surface area contributed by atoms with Crippen molar-refractivity contribution in [2.24, 2.45) is 0 Å². The van der Waals surface area contributed by atoms with Crippen molar-refractivity contribution in [3.05, 3.63) is 58.1 Å². The van der Waals surface area contributed by atoms with Crippen LogP contribution >= 0.6 is 23.2 Å². The van der Waals surface area contributed by atoms with E-state index in [1.807, 2.05) is 24.3 Å². The second-order valence-corrected chi connectivity index (χ2v) is 7.18. The van der Waals surface area contributed by atoms with Crippen molar-refractivity contribution < 1.29 is 14.3 Å². The van der Waals surface area contributed by atoms with Crippen molar-refractivity contribution >= 4 is 63.0 Å². The maximum Gasteiger partial charge on any atom is 0.319 e. The Kier molecular flexibility index (Phi) is 8.92. The third-order valence-electron chi connectivity index (χ3n) is 3.60. The summed E-state index contributed by atoms with van der Waals surface area (Å²) >= 11 is 13.1. The summed E-state index contributed by atoms with van der Waals surface area (Å²) in [4.78, 5) is 23.4. The number of hydrogen-bond acceptors (Lipinski definition) is 5. The molecule has 0 spiro atoms. The quantitative estimate of drug-likeness (QED) is 0.327. The zero-order chi connectivity index (χ0) is 19.6. The zero-order valence-electron chi connectivity index (χ0n) is 14.9. The Bertz CT molecular complexity index is 785. The Morgan fingerprint density at radius 2 is 1.74 bits per heavy atom. The molecule has 3 N–H and O–H groups in total. The molecule has 142 valence electrons. The lowest BCUT2D eigenvalue weighted by Gasteiger charge is -2.14. The number of rotatable bonds is 9. The lowest BCUT2D eigenvalue weighted by molar-refractivity contribution is -0.143. The Hall–Kier alpha value is -1.75. The number of halogens is 2. The van der Waals surface area contributed by atoms with Gasteiger partial charge in [-0.3, -0.25) is 9.59 Å². The van der Waals surface area contributed by atoms with Crippen LogP contribution in [0.3, 0.4) is 0 Å². The molecular weight excluding hydrogens is 404 g/mol. The Labute approximate surface area is 176 Å². The van der Waals surface area contributed by atoms with Gasteiger partial charge in [0.15, 0.2) is 0 Å².